The van der Waals surface area contributed by atoms with E-state index in [1.807, 2.05) is 0 Å². The molecule has 0 amide bonds. The summed E-state index contributed by atoms with van der Waals surface area (Å²) in [7, 11) is 0. The van der Waals surface area contributed by atoms with Crippen LogP contribution in [0.25, 0.3) is 0 Å². The highest BCUT2D eigenvalue weighted by atomic mass is 16.4. The summed E-state index contributed by atoms with van der Waals surface area (Å²) in [4.78, 5) is 0. The lowest BCUT2D eigenvalue weighted by Crippen LogP contribution is -2.55. The Hall–Kier alpha value is -0.570. The molecule has 0 spiro atoms. The van der Waals surface area contributed by atoms with E-state index in [0.717, 1.165) is 36.3 Å². The molecule has 3 nitrogen and oxygen atoms in total. The number of nitrogens with zero attached hydrogens (tertiary/aromatic N) is 1. The molecule has 4 fully saturated rings. The maximum Gasteiger partial charge on any atom is 0.0602 e. The summed E-state index contributed by atoms with van der Waals surface area (Å²) in [5.74, 6) is 3.47. The van der Waals surface area contributed by atoms with Crippen molar-refractivity contribution in [3.05, 3.63) is 0 Å². The first-order valence-corrected chi connectivity index (χ1v) is 9.79. The third-order valence-electron chi connectivity index (χ3n) is 8.91. The molecule has 3 heteroatoms. The molecule has 0 bridgehead atoms. The van der Waals surface area contributed by atoms with Gasteiger partial charge in [0, 0.05) is 0 Å². The maximum atomic E-state index is 10.5. The highest BCUT2D eigenvalue weighted by molar-refractivity contribution is 5.87. The topological polar surface area (TPSA) is 52.8 Å². The van der Waals surface area contributed by atoms with Crippen molar-refractivity contribution in [2.45, 2.75) is 78.2 Å². The molecule has 0 aromatic rings. The molecular weight excluding hydrogens is 286 g/mol. The largest absolute Gasteiger partial charge is 0.411 e. The van der Waals surface area contributed by atoms with Gasteiger partial charge in [0.05, 0.1) is 11.8 Å². The molecule has 0 heterocycles. The van der Waals surface area contributed by atoms with Crippen molar-refractivity contribution in [2.75, 3.05) is 0 Å². The summed E-state index contributed by atoms with van der Waals surface area (Å²) in [6.07, 6.45) is 9.47. The normalized spacial score (nSPS) is 57.7. The Bertz CT molecular complexity index is 518. The van der Waals surface area contributed by atoms with Gasteiger partial charge in [-0.15, -0.1) is 0 Å². The summed E-state index contributed by atoms with van der Waals surface area (Å²) >= 11 is 0. The van der Waals surface area contributed by atoms with E-state index in [1.54, 1.807) is 0 Å². The Balaban J connectivity index is 1.63. The number of hydrogen-bond donors (Lipinski definition) is 2. The standard InChI is InChI=1S/C20H33NO2/c1-12-11-20(3)13(10-17(12)21-23)4-5-14-15-6-7-18(22)19(15,2)9-8-16(14)20/h12-16,18,22-23H,4-11H2,1-3H3/b21-17+/t12-,13?,14?,15?,16?,18+,19+,20+/m1/s1. The van der Waals surface area contributed by atoms with Crippen molar-refractivity contribution >= 4 is 5.71 Å². The summed E-state index contributed by atoms with van der Waals surface area (Å²) in [5, 5.41) is 23.5. The summed E-state index contributed by atoms with van der Waals surface area (Å²) in [6, 6.07) is 0. The van der Waals surface area contributed by atoms with Crippen LogP contribution in [-0.2, 0) is 0 Å². The van der Waals surface area contributed by atoms with E-state index in [1.165, 1.54) is 38.5 Å². The summed E-state index contributed by atoms with van der Waals surface area (Å²) in [6.45, 7) is 7.14. The molecule has 8 atom stereocenters. The van der Waals surface area contributed by atoms with Crippen molar-refractivity contribution in [3.63, 3.8) is 0 Å². The van der Waals surface area contributed by atoms with E-state index in [4.69, 9.17) is 0 Å². The quantitative estimate of drug-likeness (QED) is 0.511. The molecule has 23 heavy (non-hydrogen) atoms. The first-order valence-electron chi connectivity index (χ1n) is 9.79. The number of aliphatic hydroxyl groups excluding tert-OH is 1. The predicted molar refractivity (Wildman–Crippen MR) is 91.5 cm³/mol. The Morgan fingerprint density at radius 1 is 1.00 bits per heavy atom. The average Bonchev–Trinajstić information content (AvgIpc) is 2.82. The number of rotatable bonds is 0. The SMILES string of the molecule is C[C@@H]1C[C@@]2(C)C(CCC3C2CC[C@@]2(C)C3CC[C@@H]2O)C/C1=N\O. The molecule has 0 saturated heterocycles. The van der Waals surface area contributed by atoms with Crippen molar-refractivity contribution in [3.8, 4) is 0 Å². The van der Waals surface area contributed by atoms with Crippen LogP contribution in [0, 0.1) is 40.4 Å². The van der Waals surface area contributed by atoms with Crippen LogP contribution in [-0.4, -0.2) is 22.1 Å². The van der Waals surface area contributed by atoms with Gasteiger partial charge in [0.25, 0.3) is 0 Å². The lowest BCUT2D eigenvalue weighted by Gasteiger charge is -2.61. The van der Waals surface area contributed by atoms with E-state index < -0.39 is 0 Å². The molecule has 0 aromatic carbocycles. The van der Waals surface area contributed by atoms with Crippen LogP contribution in [0.2, 0.25) is 0 Å². The monoisotopic (exact) mass is 319 g/mol. The van der Waals surface area contributed by atoms with E-state index in [0.29, 0.717) is 17.3 Å². The van der Waals surface area contributed by atoms with Gasteiger partial charge in [0.15, 0.2) is 0 Å². The van der Waals surface area contributed by atoms with Gasteiger partial charge in [0.2, 0.25) is 0 Å². The Morgan fingerprint density at radius 3 is 2.48 bits per heavy atom. The molecule has 4 aliphatic carbocycles. The van der Waals surface area contributed by atoms with E-state index in [-0.39, 0.29) is 11.5 Å². The number of aliphatic hydroxyl groups is 1. The zero-order valence-corrected chi connectivity index (χ0v) is 15.0. The smallest absolute Gasteiger partial charge is 0.0602 e. The number of hydrogen-bond acceptors (Lipinski definition) is 3. The minimum absolute atomic E-state index is 0.0719. The number of fused-ring (bicyclic) bond motifs is 5. The van der Waals surface area contributed by atoms with Crippen LogP contribution >= 0.6 is 0 Å². The van der Waals surface area contributed by atoms with E-state index >= 15 is 0 Å². The van der Waals surface area contributed by atoms with E-state index in [9.17, 15) is 10.3 Å². The van der Waals surface area contributed by atoms with Crippen LogP contribution in [0.1, 0.15) is 72.1 Å². The van der Waals surface area contributed by atoms with Crippen molar-refractivity contribution in [2.24, 2.45) is 45.6 Å². The van der Waals surface area contributed by atoms with Crippen LogP contribution in [0.5, 0.6) is 0 Å². The molecule has 0 radical (unpaired) electrons. The van der Waals surface area contributed by atoms with Crippen molar-refractivity contribution < 1.29 is 10.3 Å². The first-order chi connectivity index (χ1) is 10.9. The Labute approximate surface area is 140 Å². The second kappa shape index (κ2) is 5.21. The highest BCUT2D eigenvalue weighted by Gasteiger charge is 2.60. The van der Waals surface area contributed by atoms with Crippen LogP contribution < -0.4 is 0 Å². The first kappa shape index (κ1) is 15.9. The molecule has 4 saturated carbocycles. The molecule has 0 aliphatic heterocycles. The molecule has 130 valence electrons. The average molecular weight is 319 g/mol. The van der Waals surface area contributed by atoms with Gasteiger partial charge < -0.3 is 10.3 Å². The van der Waals surface area contributed by atoms with Gasteiger partial charge in [-0.25, -0.2) is 0 Å². The van der Waals surface area contributed by atoms with E-state index in [2.05, 4.69) is 25.9 Å². The zero-order chi connectivity index (χ0) is 16.4. The molecule has 4 unspecified atom stereocenters. The minimum Gasteiger partial charge on any atom is -0.411 e. The Morgan fingerprint density at radius 2 is 1.74 bits per heavy atom. The van der Waals surface area contributed by atoms with Gasteiger partial charge in [-0.1, -0.05) is 25.9 Å². The lowest BCUT2D eigenvalue weighted by atomic mass is 9.44. The van der Waals surface area contributed by atoms with Gasteiger partial charge in [-0.05, 0) is 91.8 Å². The molecule has 4 aliphatic rings. The maximum absolute atomic E-state index is 10.5. The van der Waals surface area contributed by atoms with Gasteiger partial charge in [-0.3, -0.25) is 0 Å². The van der Waals surface area contributed by atoms with Crippen LogP contribution in [0.3, 0.4) is 0 Å². The number of oxime groups is 1. The molecule has 4 rings (SSSR count). The second-order valence-electron chi connectivity index (χ2n) is 9.70. The third kappa shape index (κ3) is 2.08. The molecular formula is C20H33NO2. The van der Waals surface area contributed by atoms with Gasteiger partial charge in [-0.2, -0.15) is 0 Å². The fourth-order valence-corrected chi connectivity index (χ4v) is 7.53. The fraction of sp³-hybridized carbons (Fsp3) is 0.950. The zero-order valence-electron chi connectivity index (χ0n) is 15.0. The Kier molecular flexibility index (Phi) is 3.61. The predicted octanol–water partition coefficient (Wildman–Crippen LogP) is 4.47. The minimum atomic E-state index is -0.0719. The van der Waals surface area contributed by atoms with Crippen LogP contribution in [0.4, 0.5) is 0 Å². The van der Waals surface area contributed by atoms with Crippen LogP contribution in [0.15, 0.2) is 5.16 Å². The van der Waals surface area contributed by atoms with Crippen molar-refractivity contribution in [1.29, 1.82) is 0 Å². The van der Waals surface area contributed by atoms with Gasteiger partial charge >= 0.3 is 0 Å². The second-order valence-corrected chi connectivity index (χ2v) is 9.70. The highest BCUT2D eigenvalue weighted by Crippen LogP contribution is 2.66. The molecule has 0 aromatic heterocycles. The summed E-state index contributed by atoms with van der Waals surface area (Å²) in [5.41, 5.74) is 1.62. The van der Waals surface area contributed by atoms with Gasteiger partial charge in [0.1, 0.15) is 0 Å². The third-order valence-corrected chi connectivity index (χ3v) is 8.91. The fourth-order valence-electron chi connectivity index (χ4n) is 7.53. The van der Waals surface area contributed by atoms with Crippen molar-refractivity contribution in [1.82, 2.24) is 0 Å². The molecule has 2 N–H and O–H groups in total. The summed E-state index contributed by atoms with van der Waals surface area (Å²) < 4.78 is 0. The lowest BCUT2D eigenvalue weighted by molar-refractivity contribution is -0.116.